The summed E-state index contributed by atoms with van der Waals surface area (Å²) in [5.74, 6) is -0.134. The van der Waals surface area contributed by atoms with Crippen molar-refractivity contribution < 1.29 is 9.18 Å². The van der Waals surface area contributed by atoms with Gasteiger partial charge in [-0.1, -0.05) is 19.3 Å². The summed E-state index contributed by atoms with van der Waals surface area (Å²) in [7, 11) is 0. The molecule has 0 aliphatic heterocycles. The van der Waals surface area contributed by atoms with Crippen LogP contribution >= 0.6 is 27.5 Å². The second-order valence-corrected chi connectivity index (χ2v) is 6.34. The summed E-state index contributed by atoms with van der Waals surface area (Å²) < 4.78 is 14.0. The molecule has 0 N–H and O–H groups in total. The fraction of sp³-hybridized carbons (Fsp3) is 0.533. The minimum absolute atomic E-state index is 0.135. The summed E-state index contributed by atoms with van der Waals surface area (Å²) in [4.78, 5) is 14.5. The predicted molar refractivity (Wildman–Crippen MR) is 82.7 cm³/mol. The lowest BCUT2D eigenvalue weighted by Crippen LogP contribution is -2.42. The van der Waals surface area contributed by atoms with Gasteiger partial charge in [-0.25, -0.2) is 4.39 Å². The molecule has 1 aromatic carbocycles. The van der Waals surface area contributed by atoms with Crippen molar-refractivity contribution in [1.82, 2.24) is 4.90 Å². The van der Waals surface area contributed by atoms with Gasteiger partial charge in [0.1, 0.15) is 5.82 Å². The summed E-state index contributed by atoms with van der Waals surface area (Å²) >= 11 is 9.17. The van der Waals surface area contributed by atoms with E-state index in [2.05, 4.69) is 15.9 Å². The molecule has 5 heteroatoms. The Labute approximate surface area is 132 Å². The van der Waals surface area contributed by atoms with Crippen LogP contribution in [0, 0.1) is 5.82 Å². The molecule has 1 aromatic rings. The monoisotopic (exact) mass is 361 g/mol. The van der Waals surface area contributed by atoms with Gasteiger partial charge < -0.3 is 4.90 Å². The largest absolute Gasteiger partial charge is 0.334 e. The van der Waals surface area contributed by atoms with E-state index in [1.807, 2.05) is 4.90 Å². The zero-order valence-electron chi connectivity index (χ0n) is 11.2. The number of alkyl halides is 1. The van der Waals surface area contributed by atoms with Crippen LogP contribution < -0.4 is 0 Å². The molecule has 0 unspecified atom stereocenters. The van der Waals surface area contributed by atoms with Crippen LogP contribution in [0.2, 0.25) is 0 Å². The zero-order chi connectivity index (χ0) is 14.5. The first-order chi connectivity index (χ1) is 9.63. The topological polar surface area (TPSA) is 20.3 Å². The van der Waals surface area contributed by atoms with Crippen molar-refractivity contribution in [1.29, 1.82) is 0 Å². The lowest BCUT2D eigenvalue weighted by atomic mass is 9.93. The predicted octanol–water partition coefficient (Wildman–Crippen LogP) is 4.60. The van der Waals surface area contributed by atoms with Gasteiger partial charge in [-0.3, -0.25) is 4.79 Å². The number of carbonyl (C=O) groups excluding carboxylic acids is 1. The standard InChI is InChI=1S/C15H18BrClFNO/c16-14-7-6-11(18)10-13(14)15(20)19(9-8-17)12-4-2-1-3-5-12/h6-7,10,12H,1-5,8-9H2. The molecule has 0 aromatic heterocycles. The molecular formula is C15H18BrClFNO. The molecule has 0 spiro atoms. The summed E-state index contributed by atoms with van der Waals surface area (Å²) in [6, 6.07) is 4.43. The van der Waals surface area contributed by atoms with E-state index >= 15 is 0 Å². The van der Waals surface area contributed by atoms with Crippen molar-refractivity contribution in [2.24, 2.45) is 0 Å². The van der Waals surface area contributed by atoms with Gasteiger partial charge in [0.2, 0.25) is 0 Å². The summed E-state index contributed by atoms with van der Waals surface area (Å²) in [5, 5.41) is 0. The van der Waals surface area contributed by atoms with Gasteiger partial charge in [-0.2, -0.15) is 0 Å². The Balaban J connectivity index is 2.23. The van der Waals surface area contributed by atoms with Gasteiger partial charge in [-0.05, 0) is 47.0 Å². The van der Waals surface area contributed by atoms with Gasteiger partial charge in [0.05, 0.1) is 5.56 Å². The highest BCUT2D eigenvalue weighted by atomic mass is 79.9. The van der Waals surface area contributed by atoms with E-state index in [0.29, 0.717) is 22.5 Å². The first-order valence-corrected chi connectivity index (χ1v) is 8.28. The molecule has 0 radical (unpaired) electrons. The summed E-state index contributed by atoms with van der Waals surface area (Å²) in [6.07, 6.45) is 5.52. The Bertz CT molecular complexity index is 477. The van der Waals surface area contributed by atoms with Crippen molar-refractivity contribution in [2.75, 3.05) is 12.4 Å². The third-order valence-electron chi connectivity index (χ3n) is 3.76. The minimum Gasteiger partial charge on any atom is -0.334 e. The first-order valence-electron chi connectivity index (χ1n) is 6.95. The maximum atomic E-state index is 13.4. The van der Waals surface area contributed by atoms with Crippen molar-refractivity contribution in [3.05, 3.63) is 34.1 Å². The quantitative estimate of drug-likeness (QED) is 0.717. The SMILES string of the molecule is O=C(c1cc(F)ccc1Br)N(CCCl)C1CCCCC1. The Morgan fingerprint density at radius 3 is 2.70 bits per heavy atom. The van der Waals surface area contributed by atoms with Gasteiger partial charge in [0.25, 0.3) is 5.91 Å². The molecule has 1 amide bonds. The van der Waals surface area contributed by atoms with Gasteiger partial charge in [0, 0.05) is 22.9 Å². The van der Waals surface area contributed by atoms with Crippen LogP contribution in [0.4, 0.5) is 4.39 Å². The number of nitrogens with zero attached hydrogens (tertiary/aromatic N) is 1. The van der Waals surface area contributed by atoms with Crippen LogP contribution in [0.15, 0.2) is 22.7 Å². The molecule has 20 heavy (non-hydrogen) atoms. The Morgan fingerprint density at radius 2 is 2.05 bits per heavy atom. The average molecular weight is 363 g/mol. The van der Waals surface area contributed by atoms with Crippen LogP contribution in [0.3, 0.4) is 0 Å². The second kappa shape index (κ2) is 7.41. The minimum atomic E-state index is -0.397. The molecule has 0 bridgehead atoms. The van der Waals surface area contributed by atoms with E-state index in [1.165, 1.54) is 18.6 Å². The highest BCUT2D eigenvalue weighted by Gasteiger charge is 2.27. The maximum Gasteiger partial charge on any atom is 0.255 e. The van der Waals surface area contributed by atoms with E-state index in [9.17, 15) is 9.18 Å². The molecule has 2 rings (SSSR count). The highest BCUT2D eigenvalue weighted by Crippen LogP contribution is 2.26. The second-order valence-electron chi connectivity index (χ2n) is 5.10. The number of amides is 1. The van der Waals surface area contributed by atoms with Gasteiger partial charge >= 0.3 is 0 Å². The van der Waals surface area contributed by atoms with Crippen LogP contribution in [-0.2, 0) is 0 Å². The highest BCUT2D eigenvalue weighted by molar-refractivity contribution is 9.10. The normalized spacial score (nSPS) is 16.1. The van der Waals surface area contributed by atoms with Crippen molar-refractivity contribution >= 4 is 33.4 Å². The third-order valence-corrected chi connectivity index (χ3v) is 4.62. The van der Waals surface area contributed by atoms with Crippen LogP contribution in [0.25, 0.3) is 0 Å². The van der Waals surface area contributed by atoms with Gasteiger partial charge in [0.15, 0.2) is 0 Å². The Hall–Kier alpha value is -0.610. The summed E-state index contributed by atoms with van der Waals surface area (Å²) in [5.41, 5.74) is 0.376. The number of rotatable bonds is 4. The van der Waals surface area contributed by atoms with Crippen LogP contribution in [0.5, 0.6) is 0 Å². The maximum absolute atomic E-state index is 13.4. The van der Waals surface area contributed by atoms with Gasteiger partial charge in [-0.15, -0.1) is 11.6 Å². The van der Waals surface area contributed by atoms with Crippen molar-refractivity contribution in [3.8, 4) is 0 Å². The lowest BCUT2D eigenvalue weighted by Gasteiger charge is -2.34. The van der Waals surface area contributed by atoms with Crippen LogP contribution in [0.1, 0.15) is 42.5 Å². The molecule has 110 valence electrons. The van der Waals surface area contributed by atoms with Crippen molar-refractivity contribution in [2.45, 2.75) is 38.1 Å². The number of carbonyl (C=O) groups is 1. The smallest absolute Gasteiger partial charge is 0.255 e. The lowest BCUT2D eigenvalue weighted by molar-refractivity contribution is 0.0648. The molecule has 1 aliphatic carbocycles. The average Bonchev–Trinajstić information content (AvgIpc) is 2.47. The summed E-state index contributed by atoms with van der Waals surface area (Å²) in [6.45, 7) is 0.508. The number of halogens is 3. The molecule has 0 saturated heterocycles. The molecule has 1 fully saturated rings. The van der Waals surface area contributed by atoms with Crippen molar-refractivity contribution in [3.63, 3.8) is 0 Å². The Morgan fingerprint density at radius 1 is 1.35 bits per heavy atom. The number of hydrogen-bond acceptors (Lipinski definition) is 1. The van der Waals surface area contributed by atoms with E-state index in [4.69, 9.17) is 11.6 Å². The first kappa shape index (κ1) is 15.8. The fourth-order valence-corrected chi connectivity index (χ4v) is 3.35. The molecule has 0 heterocycles. The molecule has 2 nitrogen and oxygen atoms in total. The fourth-order valence-electron chi connectivity index (χ4n) is 2.75. The van der Waals surface area contributed by atoms with Crippen LogP contribution in [-0.4, -0.2) is 29.3 Å². The van der Waals surface area contributed by atoms with E-state index < -0.39 is 5.82 Å². The van der Waals surface area contributed by atoms with E-state index in [-0.39, 0.29) is 11.9 Å². The number of benzene rings is 1. The molecule has 1 saturated carbocycles. The molecular weight excluding hydrogens is 345 g/mol. The third kappa shape index (κ3) is 3.73. The molecule has 0 atom stereocenters. The zero-order valence-corrected chi connectivity index (χ0v) is 13.6. The number of hydrogen-bond donors (Lipinski definition) is 0. The molecule has 1 aliphatic rings. The van der Waals surface area contributed by atoms with E-state index in [0.717, 1.165) is 25.7 Å². The van der Waals surface area contributed by atoms with E-state index in [1.54, 1.807) is 6.07 Å². The Kier molecular flexibility index (Phi) is 5.85.